The van der Waals surface area contributed by atoms with Gasteiger partial charge in [0.2, 0.25) is 5.91 Å². The molecule has 3 atom stereocenters. The van der Waals surface area contributed by atoms with E-state index in [0.29, 0.717) is 12.8 Å². The summed E-state index contributed by atoms with van der Waals surface area (Å²) < 4.78 is 0. The fourth-order valence-electron chi connectivity index (χ4n) is 5.81. The second-order valence-corrected chi connectivity index (χ2v) is 12.8. The van der Waals surface area contributed by atoms with Crippen LogP contribution >= 0.6 is 0 Å². The van der Waals surface area contributed by atoms with Crippen LogP contribution in [-0.4, -0.2) is 46.1 Å². The molecule has 0 spiro atoms. The van der Waals surface area contributed by atoms with E-state index in [1.54, 1.807) is 0 Å². The molecule has 0 saturated carbocycles. The van der Waals surface area contributed by atoms with E-state index in [0.717, 1.165) is 32.1 Å². The second-order valence-electron chi connectivity index (χ2n) is 12.8. The molecule has 0 aromatic rings. The van der Waals surface area contributed by atoms with Crippen molar-refractivity contribution in [2.24, 2.45) is 0 Å². The van der Waals surface area contributed by atoms with Gasteiger partial charge in [0.1, 0.15) is 6.10 Å². The molecule has 0 aliphatic carbocycles. The van der Waals surface area contributed by atoms with Gasteiger partial charge in [-0.1, -0.05) is 181 Å². The normalized spacial score (nSPS) is 13.8. The van der Waals surface area contributed by atoms with E-state index >= 15 is 0 Å². The Morgan fingerprint density at radius 2 is 0.829 bits per heavy atom. The van der Waals surface area contributed by atoms with Gasteiger partial charge >= 0.3 is 0 Å². The molecule has 0 bridgehead atoms. The molecule has 0 unspecified atom stereocenters. The first-order valence-corrected chi connectivity index (χ1v) is 18.3. The Balaban J connectivity index is 3.67. The first-order valence-electron chi connectivity index (χ1n) is 18.3. The average Bonchev–Trinajstić information content (AvgIpc) is 2.97. The number of amides is 1. The van der Waals surface area contributed by atoms with E-state index in [4.69, 9.17) is 0 Å². The number of carbonyl (C=O) groups is 1. The monoisotopic (exact) mass is 584 g/mol. The minimum absolute atomic E-state index is 0.144. The number of carbonyl (C=O) groups excluding carboxylic acids is 1. The minimum Gasteiger partial charge on any atom is -0.394 e. The summed E-state index contributed by atoms with van der Waals surface area (Å²) in [5.74, 6) is -0.144. The lowest BCUT2D eigenvalue weighted by molar-refractivity contribution is -0.124. The molecule has 246 valence electrons. The lowest BCUT2D eigenvalue weighted by Gasteiger charge is -2.26. The topological polar surface area (TPSA) is 89.8 Å². The van der Waals surface area contributed by atoms with Crippen LogP contribution in [0.25, 0.3) is 0 Å². The van der Waals surface area contributed by atoms with Gasteiger partial charge in [0.15, 0.2) is 0 Å². The molecule has 1 amide bonds. The first-order chi connectivity index (χ1) is 20.1. The van der Waals surface area contributed by atoms with Crippen LogP contribution in [0.4, 0.5) is 0 Å². The molecule has 0 radical (unpaired) electrons. The minimum atomic E-state index is -1.13. The summed E-state index contributed by atoms with van der Waals surface area (Å²) in [5.41, 5.74) is 0. The highest BCUT2D eigenvalue weighted by Crippen LogP contribution is 2.16. The van der Waals surface area contributed by atoms with Crippen molar-refractivity contribution in [1.82, 2.24) is 5.32 Å². The van der Waals surface area contributed by atoms with Crippen LogP contribution in [0, 0.1) is 0 Å². The molecule has 5 nitrogen and oxygen atoms in total. The number of hydrogen-bond acceptors (Lipinski definition) is 4. The third kappa shape index (κ3) is 27.9. The van der Waals surface area contributed by atoms with E-state index < -0.39 is 18.2 Å². The highest BCUT2D eigenvalue weighted by atomic mass is 16.3. The summed E-state index contributed by atoms with van der Waals surface area (Å²) >= 11 is 0. The van der Waals surface area contributed by atoms with Crippen LogP contribution in [0.1, 0.15) is 200 Å². The molecular formula is C36H73NO4. The number of hydrogen-bond donors (Lipinski definition) is 4. The molecule has 0 rings (SSSR count). The van der Waals surface area contributed by atoms with Crippen molar-refractivity contribution in [3.8, 4) is 0 Å². The Hall–Kier alpha value is -0.650. The highest BCUT2D eigenvalue weighted by Gasteiger charge is 2.26. The third-order valence-electron chi connectivity index (χ3n) is 8.71. The van der Waals surface area contributed by atoms with Gasteiger partial charge in [0.25, 0.3) is 0 Å². The quantitative estimate of drug-likeness (QED) is 0.0579. The average molecular weight is 584 g/mol. The van der Waals surface area contributed by atoms with Gasteiger partial charge in [-0.15, -0.1) is 0 Å². The number of aliphatic hydroxyl groups is 3. The zero-order valence-electron chi connectivity index (χ0n) is 27.7. The summed E-state index contributed by atoms with van der Waals surface area (Å²) in [6.07, 6.45) is 33.3. The number of aliphatic hydroxyl groups excluding tert-OH is 3. The highest BCUT2D eigenvalue weighted by molar-refractivity contribution is 5.76. The fraction of sp³-hybridized carbons (Fsp3) is 0.972. The number of nitrogens with one attached hydrogen (secondary N) is 1. The molecule has 41 heavy (non-hydrogen) atoms. The SMILES string of the molecule is CCCCCCCCCCCCCCCC[C@@H](O)[C@@H](O)[C@H](CO)NC(=O)CCCCCCCCCCCCCCC. The molecule has 0 aromatic heterocycles. The van der Waals surface area contributed by atoms with E-state index in [9.17, 15) is 20.1 Å². The Kier molecular flexibility index (Phi) is 31.8. The van der Waals surface area contributed by atoms with Crippen molar-refractivity contribution >= 4 is 5.91 Å². The lowest BCUT2D eigenvalue weighted by Crippen LogP contribution is -2.50. The molecule has 0 fully saturated rings. The van der Waals surface area contributed by atoms with Gasteiger partial charge < -0.3 is 20.6 Å². The van der Waals surface area contributed by atoms with Gasteiger partial charge in [-0.3, -0.25) is 4.79 Å². The van der Waals surface area contributed by atoms with E-state index in [1.807, 2.05) is 0 Å². The maximum Gasteiger partial charge on any atom is 0.220 e. The third-order valence-corrected chi connectivity index (χ3v) is 8.71. The summed E-state index contributed by atoms with van der Waals surface area (Å²) in [7, 11) is 0. The van der Waals surface area contributed by atoms with Crippen molar-refractivity contribution in [3.63, 3.8) is 0 Å². The van der Waals surface area contributed by atoms with Gasteiger partial charge in [0.05, 0.1) is 18.8 Å². The van der Waals surface area contributed by atoms with Crippen LogP contribution in [0.5, 0.6) is 0 Å². The zero-order chi connectivity index (χ0) is 30.2. The molecule has 5 heteroatoms. The molecule has 4 N–H and O–H groups in total. The predicted molar refractivity (Wildman–Crippen MR) is 176 cm³/mol. The van der Waals surface area contributed by atoms with Crippen molar-refractivity contribution < 1.29 is 20.1 Å². The van der Waals surface area contributed by atoms with Crippen LogP contribution in [-0.2, 0) is 4.79 Å². The van der Waals surface area contributed by atoms with Gasteiger partial charge in [0, 0.05) is 6.42 Å². The number of rotatable bonds is 33. The zero-order valence-corrected chi connectivity index (χ0v) is 27.7. The van der Waals surface area contributed by atoms with Crippen molar-refractivity contribution in [1.29, 1.82) is 0 Å². The fourth-order valence-corrected chi connectivity index (χ4v) is 5.81. The smallest absolute Gasteiger partial charge is 0.220 e. The lowest BCUT2D eigenvalue weighted by atomic mass is 9.99. The van der Waals surface area contributed by atoms with Crippen molar-refractivity contribution in [3.05, 3.63) is 0 Å². The van der Waals surface area contributed by atoms with E-state index in [1.165, 1.54) is 141 Å². The Labute approximate surface area is 256 Å². The van der Waals surface area contributed by atoms with Crippen molar-refractivity contribution in [2.45, 2.75) is 218 Å². The maximum atomic E-state index is 12.3. The standard InChI is InChI=1S/C36H73NO4/c1-3-5-7-9-11-13-15-17-19-20-22-24-26-28-30-34(39)36(41)33(32-38)37-35(40)31-29-27-25-23-21-18-16-14-12-10-8-6-4-2/h33-34,36,38-39,41H,3-32H2,1-2H3,(H,37,40)/t33-,34+,36-/m0/s1. The van der Waals surface area contributed by atoms with Gasteiger partial charge in [-0.05, 0) is 12.8 Å². The summed E-state index contributed by atoms with van der Waals surface area (Å²) in [6, 6.07) is -0.800. The first kappa shape index (κ1) is 40.4. The molecule has 0 aliphatic rings. The van der Waals surface area contributed by atoms with Crippen LogP contribution in [0.3, 0.4) is 0 Å². The molecular weight excluding hydrogens is 510 g/mol. The molecule has 0 aromatic carbocycles. The molecule has 0 saturated heterocycles. The van der Waals surface area contributed by atoms with Gasteiger partial charge in [-0.25, -0.2) is 0 Å². The Morgan fingerprint density at radius 3 is 1.17 bits per heavy atom. The number of unbranched alkanes of at least 4 members (excludes halogenated alkanes) is 25. The maximum absolute atomic E-state index is 12.3. The summed E-state index contributed by atoms with van der Waals surface area (Å²) in [6.45, 7) is 4.17. The van der Waals surface area contributed by atoms with E-state index in [2.05, 4.69) is 19.2 Å². The second kappa shape index (κ2) is 32.3. The van der Waals surface area contributed by atoms with Crippen molar-refractivity contribution in [2.75, 3.05) is 6.61 Å². The Bertz CT molecular complexity index is 530. The molecule has 0 heterocycles. The predicted octanol–water partition coefficient (Wildman–Crippen LogP) is 9.54. The van der Waals surface area contributed by atoms with Crippen LogP contribution in [0.15, 0.2) is 0 Å². The summed E-state index contributed by atoms with van der Waals surface area (Å²) in [5, 5.41) is 33.3. The largest absolute Gasteiger partial charge is 0.394 e. The summed E-state index contributed by atoms with van der Waals surface area (Å²) in [4.78, 5) is 12.3. The van der Waals surface area contributed by atoms with E-state index in [-0.39, 0.29) is 12.5 Å². The van der Waals surface area contributed by atoms with Crippen LogP contribution < -0.4 is 5.32 Å². The Morgan fingerprint density at radius 1 is 0.512 bits per heavy atom. The van der Waals surface area contributed by atoms with Gasteiger partial charge in [-0.2, -0.15) is 0 Å². The molecule has 0 aliphatic heterocycles. The van der Waals surface area contributed by atoms with Crippen LogP contribution in [0.2, 0.25) is 0 Å².